The minimum atomic E-state index is -0.0332. The van der Waals surface area contributed by atoms with E-state index in [1.807, 2.05) is 28.8 Å². The van der Waals surface area contributed by atoms with Crippen LogP contribution in [0.15, 0.2) is 59.8 Å². The third kappa shape index (κ3) is 2.97. The van der Waals surface area contributed by atoms with Crippen LogP contribution in [0.1, 0.15) is 23.6 Å². The van der Waals surface area contributed by atoms with Gasteiger partial charge in [0.25, 0.3) is 0 Å². The fraction of sp³-hybridized carbons (Fsp3) is 0.200. The highest BCUT2D eigenvalue weighted by Crippen LogP contribution is 2.37. The molecule has 0 spiro atoms. The first kappa shape index (κ1) is 16.7. The summed E-state index contributed by atoms with van der Waals surface area (Å²) in [6.07, 6.45) is 4.23. The molecule has 5 nitrogen and oxygen atoms in total. The third-order valence-corrected chi connectivity index (χ3v) is 5.39. The number of hydrogen-bond donors (Lipinski definition) is 1. The number of imidazole rings is 1. The molecule has 0 saturated carbocycles. The van der Waals surface area contributed by atoms with E-state index in [4.69, 9.17) is 4.74 Å². The molecule has 0 saturated heterocycles. The van der Waals surface area contributed by atoms with E-state index in [-0.39, 0.29) is 11.8 Å². The normalized spacial score (nSPS) is 16.1. The molecule has 2 heterocycles. The van der Waals surface area contributed by atoms with E-state index < -0.39 is 0 Å². The Bertz CT molecular complexity index is 933. The van der Waals surface area contributed by atoms with Gasteiger partial charge in [0.05, 0.1) is 12.8 Å². The Hall–Kier alpha value is -2.73. The van der Waals surface area contributed by atoms with E-state index in [9.17, 15) is 4.79 Å². The quantitative estimate of drug-likeness (QED) is 0.708. The molecular weight excluding hydrogens is 346 g/mol. The maximum Gasteiger partial charge on any atom is 0.226 e. The summed E-state index contributed by atoms with van der Waals surface area (Å²) in [6, 6.07) is 16.0. The molecule has 0 fully saturated rings. The monoisotopic (exact) mass is 365 g/mol. The summed E-state index contributed by atoms with van der Waals surface area (Å²) >= 11 is 1.71. The summed E-state index contributed by atoms with van der Waals surface area (Å²) in [4.78, 5) is 18.2. The predicted octanol–water partition coefficient (Wildman–Crippen LogP) is 4.08. The Labute approximate surface area is 156 Å². The highest BCUT2D eigenvalue weighted by Gasteiger charge is 2.30. The van der Waals surface area contributed by atoms with Gasteiger partial charge in [0.15, 0.2) is 0 Å². The molecule has 6 heteroatoms. The van der Waals surface area contributed by atoms with Crippen molar-refractivity contribution in [3.63, 3.8) is 0 Å². The first-order valence-electron chi connectivity index (χ1n) is 8.35. The lowest BCUT2D eigenvalue weighted by Gasteiger charge is -2.23. The van der Waals surface area contributed by atoms with E-state index in [0.717, 1.165) is 28.5 Å². The number of nitrogens with one attached hydrogen (secondary N) is 1. The zero-order valence-corrected chi connectivity index (χ0v) is 15.4. The molecule has 1 atom stereocenters. The van der Waals surface area contributed by atoms with Gasteiger partial charge >= 0.3 is 0 Å². The van der Waals surface area contributed by atoms with Crippen molar-refractivity contribution in [3.05, 3.63) is 66.1 Å². The van der Waals surface area contributed by atoms with Crippen molar-refractivity contribution in [3.8, 4) is 11.4 Å². The molecule has 4 rings (SSSR count). The van der Waals surface area contributed by atoms with E-state index >= 15 is 0 Å². The maximum atomic E-state index is 12.3. The number of methoxy groups -OCH3 is 1. The number of ether oxygens (including phenoxy) is 1. The number of carbonyl (C=O) groups excluding carboxylic acids is 1. The Kier molecular flexibility index (Phi) is 4.42. The van der Waals surface area contributed by atoms with Crippen LogP contribution in [0.25, 0.3) is 5.69 Å². The lowest BCUT2D eigenvalue weighted by molar-refractivity contribution is -0.116. The minimum absolute atomic E-state index is 0.00621. The molecule has 132 valence electrons. The van der Waals surface area contributed by atoms with Crippen molar-refractivity contribution in [2.45, 2.75) is 17.2 Å². The molecule has 1 aliphatic heterocycles. The second kappa shape index (κ2) is 6.88. The standard InChI is InChI=1S/C20H19N3O2S/c1-25-15-7-5-14(6-8-15)23-12-21-19-17(11-18(24)22-20(19)23)13-3-9-16(26-2)10-4-13/h3-10,12,17H,11H2,1-2H3,(H,22,24)/t17-/m1/s1. The van der Waals surface area contributed by atoms with Crippen LogP contribution in [0.5, 0.6) is 5.75 Å². The number of anilines is 1. The fourth-order valence-corrected chi connectivity index (χ4v) is 3.67. The number of aromatic nitrogens is 2. The van der Waals surface area contributed by atoms with Crippen molar-refractivity contribution >= 4 is 23.5 Å². The van der Waals surface area contributed by atoms with Crippen LogP contribution in [0, 0.1) is 0 Å². The molecule has 1 aromatic heterocycles. The molecule has 0 aliphatic carbocycles. The van der Waals surface area contributed by atoms with Crippen molar-refractivity contribution in [1.29, 1.82) is 0 Å². The van der Waals surface area contributed by atoms with Crippen LogP contribution < -0.4 is 10.1 Å². The summed E-state index contributed by atoms with van der Waals surface area (Å²) in [6.45, 7) is 0. The molecule has 0 bridgehead atoms. The zero-order valence-electron chi connectivity index (χ0n) is 14.6. The highest BCUT2D eigenvalue weighted by molar-refractivity contribution is 7.98. The second-order valence-corrected chi connectivity index (χ2v) is 7.00. The summed E-state index contributed by atoms with van der Waals surface area (Å²) in [5.41, 5.74) is 2.94. The molecular formula is C20H19N3O2S. The summed E-state index contributed by atoms with van der Waals surface area (Å²) in [7, 11) is 1.64. The number of thioether (sulfide) groups is 1. The van der Waals surface area contributed by atoms with Gasteiger partial charge in [0.2, 0.25) is 5.91 Å². The van der Waals surface area contributed by atoms with Crippen molar-refractivity contribution in [2.75, 3.05) is 18.7 Å². The van der Waals surface area contributed by atoms with Crippen LogP contribution in [0.2, 0.25) is 0 Å². The highest BCUT2D eigenvalue weighted by atomic mass is 32.2. The van der Waals surface area contributed by atoms with Gasteiger partial charge in [-0.2, -0.15) is 0 Å². The predicted molar refractivity (Wildman–Crippen MR) is 103 cm³/mol. The Balaban J connectivity index is 1.74. The Morgan fingerprint density at radius 1 is 1.15 bits per heavy atom. The molecule has 1 amide bonds. The lowest BCUT2D eigenvalue weighted by atomic mass is 9.90. The van der Waals surface area contributed by atoms with Gasteiger partial charge in [0.1, 0.15) is 17.9 Å². The van der Waals surface area contributed by atoms with Gasteiger partial charge in [-0.3, -0.25) is 9.36 Å². The van der Waals surface area contributed by atoms with Gasteiger partial charge < -0.3 is 10.1 Å². The number of hydrogen-bond acceptors (Lipinski definition) is 4. The summed E-state index contributed by atoms with van der Waals surface area (Å²) < 4.78 is 7.13. The SMILES string of the molecule is COc1ccc(-n2cnc3c2NC(=O)C[C@@H]3c2ccc(SC)cc2)cc1. The molecule has 0 unspecified atom stereocenters. The topological polar surface area (TPSA) is 56.1 Å². The number of benzene rings is 2. The van der Waals surface area contributed by atoms with Gasteiger partial charge in [-0.15, -0.1) is 11.8 Å². The van der Waals surface area contributed by atoms with E-state index in [0.29, 0.717) is 6.42 Å². The molecule has 2 aromatic carbocycles. The number of nitrogens with zero attached hydrogens (tertiary/aromatic N) is 2. The van der Waals surface area contributed by atoms with Crippen molar-refractivity contribution < 1.29 is 9.53 Å². The average molecular weight is 365 g/mol. The molecule has 1 N–H and O–H groups in total. The fourth-order valence-electron chi connectivity index (χ4n) is 3.26. The largest absolute Gasteiger partial charge is 0.497 e. The van der Waals surface area contributed by atoms with Crippen molar-refractivity contribution in [1.82, 2.24) is 9.55 Å². The minimum Gasteiger partial charge on any atom is -0.497 e. The van der Waals surface area contributed by atoms with Gasteiger partial charge in [0, 0.05) is 22.9 Å². The van der Waals surface area contributed by atoms with Gasteiger partial charge in [-0.1, -0.05) is 12.1 Å². The summed E-state index contributed by atoms with van der Waals surface area (Å²) in [5.74, 6) is 1.50. The van der Waals surface area contributed by atoms with Crippen LogP contribution in [0.3, 0.4) is 0 Å². The van der Waals surface area contributed by atoms with Gasteiger partial charge in [-0.05, 0) is 48.2 Å². The van der Waals surface area contributed by atoms with E-state index in [2.05, 4.69) is 40.8 Å². The second-order valence-electron chi connectivity index (χ2n) is 6.12. The number of carbonyl (C=O) groups is 1. The summed E-state index contributed by atoms with van der Waals surface area (Å²) in [5, 5.41) is 2.98. The first-order chi connectivity index (χ1) is 12.7. The maximum absolute atomic E-state index is 12.3. The zero-order chi connectivity index (χ0) is 18.1. The van der Waals surface area contributed by atoms with Crippen LogP contribution in [0.4, 0.5) is 5.82 Å². The average Bonchev–Trinajstić information content (AvgIpc) is 3.11. The number of rotatable bonds is 4. The molecule has 0 radical (unpaired) electrons. The van der Waals surface area contributed by atoms with Gasteiger partial charge in [-0.25, -0.2) is 4.98 Å². The van der Waals surface area contributed by atoms with Crippen LogP contribution >= 0.6 is 11.8 Å². The molecule has 3 aromatic rings. The van der Waals surface area contributed by atoms with E-state index in [1.165, 1.54) is 4.90 Å². The first-order valence-corrected chi connectivity index (χ1v) is 9.57. The molecule has 26 heavy (non-hydrogen) atoms. The van der Waals surface area contributed by atoms with Crippen LogP contribution in [-0.2, 0) is 4.79 Å². The molecule has 1 aliphatic rings. The van der Waals surface area contributed by atoms with E-state index in [1.54, 1.807) is 25.2 Å². The Morgan fingerprint density at radius 2 is 1.88 bits per heavy atom. The van der Waals surface area contributed by atoms with Crippen LogP contribution in [-0.4, -0.2) is 28.8 Å². The number of amides is 1. The van der Waals surface area contributed by atoms with Crippen molar-refractivity contribution in [2.24, 2.45) is 0 Å². The third-order valence-electron chi connectivity index (χ3n) is 4.64. The smallest absolute Gasteiger partial charge is 0.226 e. The Morgan fingerprint density at radius 3 is 2.54 bits per heavy atom. The number of fused-ring (bicyclic) bond motifs is 1. The lowest BCUT2D eigenvalue weighted by Crippen LogP contribution is -2.24.